The summed E-state index contributed by atoms with van der Waals surface area (Å²) in [6.45, 7) is 11.3. The van der Waals surface area contributed by atoms with Gasteiger partial charge in [-0.3, -0.25) is 14.6 Å². The van der Waals surface area contributed by atoms with Crippen molar-refractivity contribution in [1.82, 2.24) is 9.80 Å². The fraction of sp³-hybridized carbons (Fsp3) is 0.938. The van der Waals surface area contributed by atoms with Gasteiger partial charge in [-0.25, -0.2) is 0 Å². The third kappa shape index (κ3) is 2.47. The summed E-state index contributed by atoms with van der Waals surface area (Å²) in [6.07, 6.45) is 4.89. The topological polar surface area (TPSA) is 23.6 Å². The summed E-state index contributed by atoms with van der Waals surface area (Å²) in [5.74, 6) is 0.805. The molecule has 0 aromatic carbocycles. The summed E-state index contributed by atoms with van der Waals surface area (Å²) < 4.78 is 0. The van der Waals surface area contributed by atoms with Crippen molar-refractivity contribution in [3.05, 3.63) is 0 Å². The van der Waals surface area contributed by atoms with Crippen LogP contribution in [0.15, 0.2) is 0 Å². The maximum absolute atomic E-state index is 12.4. The number of carbonyl (C=O) groups is 1. The minimum atomic E-state index is -0.0664. The van der Waals surface area contributed by atoms with Crippen molar-refractivity contribution in [3.8, 4) is 0 Å². The van der Waals surface area contributed by atoms with E-state index in [1.807, 2.05) is 0 Å². The molecule has 3 aliphatic rings. The van der Waals surface area contributed by atoms with E-state index in [-0.39, 0.29) is 5.41 Å². The number of piperazine rings is 1. The average molecular weight is 264 g/mol. The van der Waals surface area contributed by atoms with E-state index in [4.69, 9.17) is 0 Å². The first-order chi connectivity index (χ1) is 8.97. The standard InChI is InChI=1S/C16H28N2O/c1-12-9-17-8-4-5-14(17)11-18(12)10-13-6-7-16(2,3)15(13)19/h12-14H,4-11H2,1-3H3. The van der Waals surface area contributed by atoms with Crippen molar-refractivity contribution in [2.24, 2.45) is 11.3 Å². The van der Waals surface area contributed by atoms with Crippen molar-refractivity contribution in [2.45, 2.75) is 58.5 Å². The first-order valence-corrected chi connectivity index (χ1v) is 8.00. The Hall–Kier alpha value is -0.410. The van der Waals surface area contributed by atoms with Crippen molar-refractivity contribution >= 4 is 5.78 Å². The van der Waals surface area contributed by atoms with Crippen LogP contribution in [-0.2, 0) is 4.79 Å². The van der Waals surface area contributed by atoms with Gasteiger partial charge in [0.25, 0.3) is 0 Å². The molecule has 3 unspecified atom stereocenters. The number of fused-ring (bicyclic) bond motifs is 1. The van der Waals surface area contributed by atoms with Crippen molar-refractivity contribution < 1.29 is 4.79 Å². The van der Waals surface area contributed by atoms with Crippen LogP contribution in [0.5, 0.6) is 0 Å². The van der Waals surface area contributed by atoms with Gasteiger partial charge in [0.15, 0.2) is 0 Å². The Morgan fingerprint density at radius 2 is 2.05 bits per heavy atom. The molecule has 1 aliphatic carbocycles. The first-order valence-electron chi connectivity index (χ1n) is 8.00. The van der Waals surface area contributed by atoms with Crippen LogP contribution in [0.25, 0.3) is 0 Å². The van der Waals surface area contributed by atoms with E-state index in [1.165, 1.54) is 32.5 Å². The fourth-order valence-electron chi connectivity index (χ4n) is 4.30. The highest BCUT2D eigenvalue weighted by Gasteiger charge is 2.42. The van der Waals surface area contributed by atoms with Crippen LogP contribution in [-0.4, -0.2) is 53.8 Å². The van der Waals surface area contributed by atoms with Crippen LogP contribution in [0.1, 0.15) is 46.5 Å². The third-order valence-electron chi connectivity index (χ3n) is 5.68. The van der Waals surface area contributed by atoms with Crippen LogP contribution in [0.2, 0.25) is 0 Å². The second-order valence-corrected chi connectivity index (χ2v) is 7.58. The summed E-state index contributed by atoms with van der Waals surface area (Å²) in [4.78, 5) is 17.6. The highest BCUT2D eigenvalue weighted by Crippen LogP contribution is 2.38. The highest BCUT2D eigenvalue weighted by molar-refractivity contribution is 5.88. The summed E-state index contributed by atoms with van der Waals surface area (Å²) in [5, 5.41) is 0. The molecule has 0 spiro atoms. The predicted molar refractivity (Wildman–Crippen MR) is 77.1 cm³/mol. The maximum Gasteiger partial charge on any atom is 0.142 e. The monoisotopic (exact) mass is 264 g/mol. The number of hydrogen-bond acceptors (Lipinski definition) is 3. The van der Waals surface area contributed by atoms with E-state index < -0.39 is 0 Å². The molecule has 0 bridgehead atoms. The molecule has 0 aromatic heterocycles. The molecule has 3 rings (SSSR count). The lowest BCUT2D eigenvalue weighted by molar-refractivity contribution is -0.128. The van der Waals surface area contributed by atoms with Crippen molar-refractivity contribution in [3.63, 3.8) is 0 Å². The highest BCUT2D eigenvalue weighted by atomic mass is 16.1. The van der Waals surface area contributed by atoms with Gasteiger partial charge in [0.05, 0.1) is 0 Å². The Morgan fingerprint density at radius 1 is 1.26 bits per heavy atom. The lowest BCUT2D eigenvalue weighted by Crippen LogP contribution is -2.56. The Bertz CT molecular complexity index is 366. The maximum atomic E-state index is 12.4. The van der Waals surface area contributed by atoms with Gasteiger partial charge in [0.1, 0.15) is 5.78 Å². The number of rotatable bonds is 2. The lowest BCUT2D eigenvalue weighted by Gasteiger charge is -2.43. The van der Waals surface area contributed by atoms with Gasteiger partial charge in [-0.2, -0.15) is 0 Å². The second kappa shape index (κ2) is 4.85. The SMILES string of the molecule is CC1CN2CCCC2CN1CC1CCC(C)(C)C1=O. The molecule has 0 radical (unpaired) electrons. The van der Waals surface area contributed by atoms with Gasteiger partial charge in [-0.05, 0) is 39.2 Å². The molecule has 2 aliphatic heterocycles. The van der Waals surface area contributed by atoms with Crippen LogP contribution >= 0.6 is 0 Å². The molecule has 0 amide bonds. The average Bonchev–Trinajstić information content (AvgIpc) is 2.89. The Morgan fingerprint density at radius 3 is 2.74 bits per heavy atom. The van der Waals surface area contributed by atoms with E-state index in [1.54, 1.807) is 0 Å². The van der Waals surface area contributed by atoms with Gasteiger partial charge in [-0.15, -0.1) is 0 Å². The van der Waals surface area contributed by atoms with Crippen LogP contribution in [0, 0.1) is 11.3 Å². The number of ketones is 1. The van der Waals surface area contributed by atoms with E-state index in [0.717, 1.165) is 25.4 Å². The summed E-state index contributed by atoms with van der Waals surface area (Å²) >= 11 is 0. The molecule has 2 heterocycles. The van der Waals surface area contributed by atoms with Gasteiger partial charge in [0, 0.05) is 43.1 Å². The zero-order valence-electron chi connectivity index (χ0n) is 12.7. The van der Waals surface area contributed by atoms with Crippen LogP contribution in [0.4, 0.5) is 0 Å². The summed E-state index contributed by atoms with van der Waals surface area (Å²) in [7, 11) is 0. The zero-order valence-corrected chi connectivity index (χ0v) is 12.7. The van der Waals surface area contributed by atoms with Gasteiger partial charge in [0.2, 0.25) is 0 Å². The normalized spacial score (nSPS) is 39.7. The van der Waals surface area contributed by atoms with Crippen LogP contribution in [0.3, 0.4) is 0 Å². The molecule has 3 fully saturated rings. The molecule has 3 heteroatoms. The van der Waals surface area contributed by atoms with Crippen molar-refractivity contribution in [1.29, 1.82) is 0 Å². The second-order valence-electron chi connectivity index (χ2n) is 7.58. The number of nitrogens with zero attached hydrogens (tertiary/aromatic N) is 2. The van der Waals surface area contributed by atoms with Gasteiger partial charge in [-0.1, -0.05) is 13.8 Å². The molecule has 19 heavy (non-hydrogen) atoms. The van der Waals surface area contributed by atoms with E-state index in [0.29, 0.717) is 17.7 Å². The van der Waals surface area contributed by atoms with Crippen molar-refractivity contribution in [2.75, 3.05) is 26.2 Å². The molecule has 2 saturated heterocycles. The predicted octanol–water partition coefficient (Wildman–Crippen LogP) is 2.16. The first kappa shape index (κ1) is 13.6. The lowest BCUT2D eigenvalue weighted by atomic mass is 9.89. The van der Waals surface area contributed by atoms with E-state index >= 15 is 0 Å². The summed E-state index contributed by atoms with van der Waals surface area (Å²) in [5.41, 5.74) is -0.0664. The fourth-order valence-corrected chi connectivity index (χ4v) is 4.30. The molecule has 1 saturated carbocycles. The third-order valence-corrected chi connectivity index (χ3v) is 5.68. The molecular weight excluding hydrogens is 236 g/mol. The van der Waals surface area contributed by atoms with E-state index in [2.05, 4.69) is 30.6 Å². The molecule has 0 N–H and O–H groups in total. The molecule has 3 atom stereocenters. The Kier molecular flexibility index (Phi) is 3.46. The quantitative estimate of drug-likeness (QED) is 0.763. The molecule has 3 nitrogen and oxygen atoms in total. The smallest absolute Gasteiger partial charge is 0.142 e. The number of carbonyl (C=O) groups excluding carboxylic acids is 1. The zero-order chi connectivity index (χ0) is 13.6. The van der Waals surface area contributed by atoms with E-state index in [9.17, 15) is 4.79 Å². The van der Waals surface area contributed by atoms with Gasteiger partial charge < -0.3 is 0 Å². The summed E-state index contributed by atoms with van der Waals surface area (Å²) in [6, 6.07) is 1.38. The number of hydrogen-bond donors (Lipinski definition) is 0. The molecule has 108 valence electrons. The molecule has 0 aromatic rings. The van der Waals surface area contributed by atoms with Gasteiger partial charge >= 0.3 is 0 Å². The number of Topliss-reactive ketones (excluding diaryl/α,β-unsaturated/α-hetero) is 1. The minimum absolute atomic E-state index is 0.0664. The minimum Gasteiger partial charge on any atom is -0.299 e. The largest absolute Gasteiger partial charge is 0.299 e. The molecular formula is C16H28N2O. The Balaban J connectivity index is 1.62. The Labute approximate surface area is 117 Å². The van der Waals surface area contributed by atoms with Crippen LogP contribution < -0.4 is 0 Å².